The number of allylic oxidation sites excluding steroid dienone is 1. The minimum atomic E-state index is -0.223. The molecule has 1 fully saturated rings. The minimum Gasteiger partial charge on any atom is -0.458 e. The molecule has 0 bridgehead atoms. The van der Waals surface area contributed by atoms with Crippen molar-refractivity contribution in [1.82, 2.24) is 5.32 Å². The fourth-order valence-electron chi connectivity index (χ4n) is 1.95. The van der Waals surface area contributed by atoms with Crippen LogP contribution in [-0.4, -0.2) is 29.2 Å². The molecule has 0 aromatic heterocycles. The van der Waals surface area contributed by atoms with Crippen LogP contribution in [0.3, 0.4) is 0 Å². The van der Waals surface area contributed by atoms with E-state index in [1.54, 1.807) is 0 Å². The summed E-state index contributed by atoms with van der Waals surface area (Å²) in [5, 5.41) is 3.98. The number of esters is 1. The van der Waals surface area contributed by atoms with Crippen LogP contribution < -0.4 is 5.32 Å². The molecule has 0 spiro atoms. The number of thioether (sulfide) groups is 1. The summed E-state index contributed by atoms with van der Waals surface area (Å²) >= 11 is 1.91. The van der Waals surface area contributed by atoms with Gasteiger partial charge in [-0.05, 0) is 26.3 Å². The summed E-state index contributed by atoms with van der Waals surface area (Å²) < 4.78 is 5.36. The van der Waals surface area contributed by atoms with Crippen LogP contribution in [0.4, 0.5) is 0 Å². The van der Waals surface area contributed by atoms with Gasteiger partial charge in [0, 0.05) is 25.1 Å². The lowest BCUT2D eigenvalue weighted by molar-refractivity contribution is -0.144. The Kier molecular flexibility index (Phi) is 6.50. The second-order valence-electron chi connectivity index (χ2n) is 4.56. The van der Waals surface area contributed by atoms with E-state index in [1.165, 1.54) is 6.92 Å². The highest BCUT2D eigenvalue weighted by Gasteiger charge is 2.20. The number of ether oxygens (including phenoxy) is 1. The summed E-state index contributed by atoms with van der Waals surface area (Å²) in [7, 11) is 0. The number of nitrogens with one attached hydrogen (secondary N) is 1. The molecule has 0 radical (unpaired) electrons. The van der Waals surface area contributed by atoms with Crippen LogP contribution in [-0.2, 0) is 9.53 Å². The van der Waals surface area contributed by atoms with Crippen molar-refractivity contribution in [3.8, 4) is 0 Å². The van der Waals surface area contributed by atoms with Crippen molar-refractivity contribution >= 4 is 17.7 Å². The highest BCUT2D eigenvalue weighted by molar-refractivity contribution is 8.00. The largest absolute Gasteiger partial charge is 0.458 e. The highest BCUT2D eigenvalue weighted by atomic mass is 32.2. The summed E-state index contributed by atoms with van der Waals surface area (Å²) in [5.41, 5.74) is 1.12. The van der Waals surface area contributed by atoms with Crippen LogP contribution in [0, 0.1) is 0 Å². The monoisotopic (exact) mass is 269 g/mol. The summed E-state index contributed by atoms with van der Waals surface area (Å²) in [6, 6.07) is 0.383. The fourth-order valence-corrected chi connectivity index (χ4v) is 2.91. The standard InChI is InChI=1S/C14H23NO2S/c1-5-6-7-14(17-12(4)16)10(2)8-13-9-18-11(3)15-13/h5-6,8,11,13-15H,7,9H2,1-4H3/b6-5+,10-8+/t11?,13?,14-/m0/s1. The first-order chi connectivity index (χ1) is 8.52. The first-order valence-electron chi connectivity index (χ1n) is 6.37. The molecule has 1 aliphatic rings. The van der Waals surface area contributed by atoms with Crippen molar-refractivity contribution in [2.24, 2.45) is 0 Å². The van der Waals surface area contributed by atoms with E-state index in [-0.39, 0.29) is 12.1 Å². The Morgan fingerprint density at radius 2 is 2.28 bits per heavy atom. The first kappa shape index (κ1) is 15.3. The van der Waals surface area contributed by atoms with Crippen molar-refractivity contribution in [3.05, 3.63) is 23.8 Å². The van der Waals surface area contributed by atoms with E-state index in [9.17, 15) is 4.79 Å². The Bertz CT molecular complexity index is 339. The molecule has 0 amide bonds. The van der Waals surface area contributed by atoms with Crippen molar-refractivity contribution in [1.29, 1.82) is 0 Å². The summed E-state index contributed by atoms with van der Waals surface area (Å²) in [6.07, 6.45) is 6.81. The lowest BCUT2D eigenvalue weighted by atomic mass is 10.1. The Morgan fingerprint density at radius 1 is 1.56 bits per heavy atom. The van der Waals surface area contributed by atoms with Crippen LogP contribution in [0.1, 0.15) is 34.1 Å². The molecule has 18 heavy (non-hydrogen) atoms. The number of hydrogen-bond donors (Lipinski definition) is 1. The normalized spacial score (nSPS) is 26.6. The van der Waals surface area contributed by atoms with Crippen molar-refractivity contribution in [2.75, 3.05) is 5.75 Å². The third-order valence-corrected chi connectivity index (χ3v) is 4.03. The molecule has 1 rings (SSSR count). The predicted octanol–water partition coefficient (Wildman–Crippen LogP) is 2.88. The highest BCUT2D eigenvalue weighted by Crippen LogP contribution is 2.21. The van der Waals surface area contributed by atoms with Crippen molar-refractivity contribution in [3.63, 3.8) is 0 Å². The number of hydrogen-bond acceptors (Lipinski definition) is 4. The minimum absolute atomic E-state index is 0.138. The molecule has 0 aliphatic carbocycles. The van der Waals surface area contributed by atoms with Gasteiger partial charge in [-0.1, -0.05) is 18.2 Å². The van der Waals surface area contributed by atoms with Crippen LogP contribution in [0.25, 0.3) is 0 Å². The summed E-state index contributed by atoms with van der Waals surface area (Å²) in [6.45, 7) is 7.63. The van der Waals surface area contributed by atoms with E-state index < -0.39 is 0 Å². The topological polar surface area (TPSA) is 38.3 Å². The van der Waals surface area contributed by atoms with Crippen LogP contribution >= 0.6 is 11.8 Å². The molecular formula is C14H23NO2S. The maximum Gasteiger partial charge on any atom is 0.303 e. The number of rotatable bonds is 5. The van der Waals surface area contributed by atoms with Gasteiger partial charge in [0.1, 0.15) is 6.10 Å². The van der Waals surface area contributed by atoms with Gasteiger partial charge < -0.3 is 4.74 Å². The van der Waals surface area contributed by atoms with Crippen LogP contribution in [0.2, 0.25) is 0 Å². The Hall–Kier alpha value is -0.740. The Morgan fingerprint density at radius 3 is 2.78 bits per heavy atom. The smallest absolute Gasteiger partial charge is 0.303 e. The fraction of sp³-hybridized carbons (Fsp3) is 0.643. The SMILES string of the molecule is C/C=C/C[C@H](OC(C)=O)/C(C)=C/C1CSC(C)N1. The molecule has 1 heterocycles. The van der Waals surface area contributed by atoms with E-state index in [2.05, 4.69) is 18.3 Å². The number of carbonyl (C=O) groups is 1. The van der Waals surface area contributed by atoms with Gasteiger partial charge in [0.05, 0.1) is 5.37 Å². The van der Waals surface area contributed by atoms with Gasteiger partial charge in [0.2, 0.25) is 0 Å². The molecule has 3 atom stereocenters. The molecule has 1 saturated heterocycles. The van der Waals surface area contributed by atoms with Gasteiger partial charge in [0.25, 0.3) is 0 Å². The van der Waals surface area contributed by atoms with E-state index >= 15 is 0 Å². The maximum atomic E-state index is 11.1. The molecular weight excluding hydrogens is 246 g/mol. The Balaban J connectivity index is 2.64. The molecule has 0 aromatic carbocycles. The zero-order valence-corrected chi connectivity index (χ0v) is 12.4. The average Bonchev–Trinajstić information content (AvgIpc) is 2.69. The van der Waals surface area contributed by atoms with E-state index in [0.717, 1.165) is 17.7 Å². The molecule has 4 heteroatoms. The van der Waals surface area contributed by atoms with Gasteiger partial charge in [-0.25, -0.2) is 0 Å². The lowest BCUT2D eigenvalue weighted by Gasteiger charge is -2.18. The van der Waals surface area contributed by atoms with Gasteiger partial charge >= 0.3 is 5.97 Å². The first-order valence-corrected chi connectivity index (χ1v) is 7.42. The van der Waals surface area contributed by atoms with E-state index in [1.807, 2.05) is 37.8 Å². The van der Waals surface area contributed by atoms with Gasteiger partial charge in [-0.3, -0.25) is 10.1 Å². The molecule has 0 saturated carbocycles. The molecule has 1 N–H and O–H groups in total. The average molecular weight is 269 g/mol. The molecule has 0 aromatic rings. The zero-order chi connectivity index (χ0) is 13.5. The van der Waals surface area contributed by atoms with Gasteiger partial charge in [-0.15, -0.1) is 11.8 Å². The molecule has 3 nitrogen and oxygen atoms in total. The van der Waals surface area contributed by atoms with E-state index in [0.29, 0.717) is 11.4 Å². The zero-order valence-electron chi connectivity index (χ0n) is 11.6. The molecule has 102 valence electrons. The van der Waals surface area contributed by atoms with Gasteiger partial charge in [0.15, 0.2) is 0 Å². The summed E-state index contributed by atoms with van der Waals surface area (Å²) in [5.74, 6) is 0.855. The van der Waals surface area contributed by atoms with Gasteiger partial charge in [-0.2, -0.15) is 0 Å². The Labute approximate surface area is 114 Å². The molecule has 1 aliphatic heterocycles. The molecule has 2 unspecified atom stereocenters. The van der Waals surface area contributed by atoms with Crippen LogP contribution in [0.5, 0.6) is 0 Å². The maximum absolute atomic E-state index is 11.1. The van der Waals surface area contributed by atoms with Crippen molar-refractivity contribution in [2.45, 2.75) is 51.6 Å². The number of carbonyl (C=O) groups excluding carboxylic acids is 1. The third-order valence-electron chi connectivity index (χ3n) is 2.84. The lowest BCUT2D eigenvalue weighted by Crippen LogP contribution is -2.28. The second-order valence-corrected chi connectivity index (χ2v) is 5.94. The quantitative estimate of drug-likeness (QED) is 0.615. The summed E-state index contributed by atoms with van der Waals surface area (Å²) in [4.78, 5) is 11.1. The second kappa shape index (κ2) is 7.64. The van der Waals surface area contributed by atoms with Crippen molar-refractivity contribution < 1.29 is 9.53 Å². The van der Waals surface area contributed by atoms with E-state index in [4.69, 9.17) is 4.74 Å². The predicted molar refractivity (Wildman–Crippen MR) is 77.6 cm³/mol. The van der Waals surface area contributed by atoms with Crippen LogP contribution in [0.15, 0.2) is 23.8 Å². The third kappa shape index (κ3) is 5.27.